The van der Waals surface area contributed by atoms with Crippen LogP contribution in [0.1, 0.15) is 0 Å². The van der Waals surface area contributed by atoms with Gasteiger partial charge in [0.05, 0.1) is 0 Å². The Morgan fingerprint density at radius 1 is 0.875 bits per heavy atom. The third-order valence-corrected chi connectivity index (χ3v) is 2.91. The van der Waals surface area contributed by atoms with Crippen molar-refractivity contribution in [2.45, 2.75) is 0 Å². The van der Waals surface area contributed by atoms with E-state index in [9.17, 15) is 4.79 Å². The molecule has 0 unspecified atom stereocenters. The summed E-state index contributed by atoms with van der Waals surface area (Å²) in [5.74, 6) is 0.504. The Hall–Kier alpha value is -1.36. The number of rotatable bonds is 3. The molecule has 0 aromatic heterocycles. The number of carbonyl (C=O) groups excluding carboxylic acids is 1. The molecule has 2 rings (SSSR count). The van der Waals surface area contributed by atoms with Crippen LogP contribution in [-0.2, 0) is 4.79 Å². The molecule has 0 atom stereocenters. The fourth-order valence-corrected chi connectivity index (χ4v) is 1.77. The van der Waals surface area contributed by atoms with Crippen LogP contribution in [0.25, 0.3) is 11.1 Å². The molecule has 2 nitrogen and oxygen atoms in total. The average Bonchev–Trinajstić information content (AvgIpc) is 2.32. The summed E-state index contributed by atoms with van der Waals surface area (Å²) in [4.78, 5) is 10.0. The van der Waals surface area contributed by atoms with Gasteiger partial charge in [-0.15, -0.1) is 0 Å². The maximum atomic E-state index is 10.0. The Morgan fingerprint density at radius 2 is 1.38 bits per heavy atom. The van der Waals surface area contributed by atoms with Crippen LogP contribution in [0.5, 0.6) is 5.75 Å². The number of hydrogen-bond donors (Lipinski definition) is 0. The van der Waals surface area contributed by atoms with E-state index in [2.05, 4.69) is 51.6 Å². The summed E-state index contributed by atoms with van der Waals surface area (Å²) in [7, 11) is 0. The van der Waals surface area contributed by atoms with E-state index in [1.807, 2.05) is 12.1 Å². The van der Waals surface area contributed by atoms with Crippen LogP contribution in [0.4, 0.5) is 0 Å². The Bertz CT molecular complexity index is 474. The summed E-state index contributed by atoms with van der Waals surface area (Å²) in [6.07, 6.45) is 0. The van der Waals surface area contributed by atoms with E-state index in [1.165, 1.54) is 10.0 Å². The molecule has 16 heavy (non-hydrogen) atoms. The van der Waals surface area contributed by atoms with Gasteiger partial charge < -0.3 is 4.74 Å². The molecular formula is C13H8IO2. The SMILES string of the molecule is O=[C]Oc1ccc(-c2ccc(I)cc2)cc1. The lowest BCUT2D eigenvalue weighted by atomic mass is 10.1. The van der Waals surface area contributed by atoms with Crippen molar-refractivity contribution in [3.63, 3.8) is 0 Å². The van der Waals surface area contributed by atoms with Gasteiger partial charge in [-0.1, -0.05) is 24.3 Å². The van der Waals surface area contributed by atoms with Crippen molar-refractivity contribution < 1.29 is 9.53 Å². The van der Waals surface area contributed by atoms with Crippen LogP contribution >= 0.6 is 22.6 Å². The van der Waals surface area contributed by atoms with Gasteiger partial charge in [0.2, 0.25) is 0 Å². The molecule has 0 spiro atoms. The van der Waals surface area contributed by atoms with Crippen LogP contribution in [0.15, 0.2) is 48.5 Å². The van der Waals surface area contributed by atoms with Gasteiger partial charge in [0.15, 0.2) is 0 Å². The van der Waals surface area contributed by atoms with Crippen LogP contribution in [0.3, 0.4) is 0 Å². The van der Waals surface area contributed by atoms with E-state index in [0.717, 1.165) is 11.1 Å². The first-order valence-corrected chi connectivity index (χ1v) is 5.77. The Morgan fingerprint density at radius 3 is 1.88 bits per heavy atom. The molecule has 0 heterocycles. The second-order valence-electron chi connectivity index (χ2n) is 3.22. The highest BCUT2D eigenvalue weighted by Gasteiger charge is 1.98. The second-order valence-corrected chi connectivity index (χ2v) is 4.46. The Labute approximate surface area is 107 Å². The summed E-state index contributed by atoms with van der Waals surface area (Å²) in [5.41, 5.74) is 2.23. The van der Waals surface area contributed by atoms with Crippen molar-refractivity contribution in [3.05, 3.63) is 52.1 Å². The average molecular weight is 323 g/mol. The first-order chi connectivity index (χ1) is 7.79. The quantitative estimate of drug-likeness (QED) is 0.809. The summed E-state index contributed by atoms with van der Waals surface area (Å²) in [6, 6.07) is 15.5. The molecule has 0 N–H and O–H groups in total. The lowest BCUT2D eigenvalue weighted by molar-refractivity contribution is 0.443. The minimum Gasteiger partial charge on any atom is -0.418 e. The highest BCUT2D eigenvalue weighted by atomic mass is 127. The molecule has 0 saturated carbocycles. The molecule has 0 aliphatic rings. The predicted molar refractivity (Wildman–Crippen MR) is 70.9 cm³/mol. The zero-order chi connectivity index (χ0) is 11.4. The summed E-state index contributed by atoms with van der Waals surface area (Å²) >= 11 is 2.27. The van der Waals surface area contributed by atoms with Gasteiger partial charge in [-0.25, -0.2) is 4.79 Å². The first-order valence-electron chi connectivity index (χ1n) is 4.69. The van der Waals surface area contributed by atoms with Gasteiger partial charge >= 0.3 is 6.47 Å². The van der Waals surface area contributed by atoms with Gasteiger partial charge in [-0.3, -0.25) is 0 Å². The Kier molecular flexibility index (Phi) is 3.56. The molecule has 3 heteroatoms. The zero-order valence-corrected chi connectivity index (χ0v) is 10.5. The van der Waals surface area contributed by atoms with Gasteiger partial charge in [0.25, 0.3) is 0 Å². The van der Waals surface area contributed by atoms with Gasteiger partial charge in [0, 0.05) is 3.57 Å². The third kappa shape index (κ3) is 2.61. The molecule has 79 valence electrons. The normalized spacial score (nSPS) is 9.81. The van der Waals surface area contributed by atoms with E-state index < -0.39 is 0 Å². The predicted octanol–water partition coefficient (Wildman–Crippen LogP) is 3.40. The molecule has 0 saturated heterocycles. The number of benzene rings is 2. The van der Waals surface area contributed by atoms with Crippen molar-refractivity contribution in [3.8, 4) is 16.9 Å². The third-order valence-electron chi connectivity index (χ3n) is 2.19. The fraction of sp³-hybridized carbons (Fsp3) is 0. The topological polar surface area (TPSA) is 26.3 Å². The van der Waals surface area contributed by atoms with Crippen molar-refractivity contribution in [2.24, 2.45) is 0 Å². The largest absolute Gasteiger partial charge is 0.423 e. The Balaban J connectivity index is 2.27. The highest BCUT2D eigenvalue weighted by Crippen LogP contribution is 2.22. The molecule has 0 bridgehead atoms. The maximum absolute atomic E-state index is 10.0. The molecule has 1 radical (unpaired) electrons. The van der Waals surface area contributed by atoms with Crippen LogP contribution in [0, 0.1) is 3.57 Å². The van der Waals surface area contributed by atoms with E-state index in [1.54, 1.807) is 12.1 Å². The molecule has 0 amide bonds. The summed E-state index contributed by atoms with van der Waals surface area (Å²) in [6.45, 7) is 1.40. The van der Waals surface area contributed by atoms with Crippen molar-refractivity contribution in [1.82, 2.24) is 0 Å². The second kappa shape index (κ2) is 5.12. The minimum absolute atomic E-state index is 0.504. The van der Waals surface area contributed by atoms with Crippen LogP contribution < -0.4 is 4.74 Å². The van der Waals surface area contributed by atoms with Crippen LogP contribution in [-0.4, -0.2) is 6.47 Å². The van der Waals surface area contributed by atoms with Crippen LogP contribution in [0.2, 0.25) is 0 Å². The van der Waals surface area contributed by atoms with E-state index in [-0.39, 0.29) is 0 Å². The molecule has 2 aromatic carbocycles. The van der Waals surface area contributed by atoms with Crippen molar-refractivity contribution in [2.75, 3.05) is 0 Å². The van der Waals surface area contributed by atoms with E-state index in [4.69, 9.17) is 0 Å². The van der Waals surface area contributed by atoms with Crippen molar-refractivity contribution >= 4 is 29.1 Å². The highest BCUT2D eigenvalue weighted by molar-refractivity contribution is 14.1. The van der Waals surface area contributed by atoms with E-state index in [0.29, 0.717) is 5.75 Å². The molecule has 2 aromatic rings. The summed E-state index contributed by atoms with van der Waals surface area (Å²) in [5, 5.41) is 0. The smallest absolute Gasteiger partial charge is 0.418 e. The van der Waals surface area contributed by atoms with Gasteiger partial charge in [-0.05, 0) is 58.0 Å². The minimum atomic E-state index is 0.504. The molecule has 0 fully saturated rings. The molecular weight excluding hydrogens is 315 g/mol. The first kappa shape index (κ1) is 11.1. The van der Waals surface area contributed by atoms with Gasteiger partial charge in [0.1, 0.15) is 5.75 Å². The lowest BCUT2D eigenvalue weighted by Gasteiger charge is -2.02. The zero-order valence-electron chi connectivity index (χ0n) is 8.31. The number of hydrogen-bond acceptors (Lipinski definition) is 2. The van der Waals surface area contributed by atoms with Crippen molar-refractivity contribution in [1.29, 1.82) is 0 Å². The number of ether oxygens (including phenoxy) is 1. The monoisotopic (exact) mass is 323 g/mol. The lowest BCUT2D eigenvalue weighted by Crippen LogP contribution is -1.87. The number of halogens is 1. The van der Waals surface area contributed by atoms with Gasteiger partial charge in [-0.2, -0.15) is 0 Å². The maximum Gasteiger partial charge on any atom is 0.423 e. The fourth-order valence-electron chi connectivity index (χ4n) is 1.41. The molecule has 0 aliphatic heterocycles. The molecule has 0 aliphatic carbocycles. The standard InChI is InChI=1S/C13H8IO2/c14-12-5-1-10(2-6-12)11-3-7-13(8-4-11)16-9-15/h1-8H. The summed E-state index contributed by atoms with van der Waals surface area (Å²) < 4.78 is 5.81. The van der Waals surface area contributed by atoms with E-state index >= 15 is 0 Å².